The lowest BCUT2D eigenvalue weighted by Crippen LogP contribution is -2.12. The Labute approximate surface area is 216 Å². The van der Waals surface area contributed by atoms with Crippen molar-refractivity contribution in [2.24, 2.45) is 0 Å². The third-order valence-corrected chi connectivity index (χ3v) is 6.30. The van der Waals surface area contributed by atoms with Gasteiger partial charge in [0.25, 0.3) is 5.91 Å². The summed E-state index contributed by atoms with van der Waals surface area (Å²) in [6.07, 6.45) is 1.62. The number of halogens is 3. The van der Waals surface area contributed by atoms with Gasteiger partial charge in [0.1, 0.15) is 23.1 Å². The monoisotopic (exact) mass is 525 g/mol. The number of amides is 1. The van der Waals surface area contributed by atoms with Crippen molar-refractivity contribution in [1.29, 1.82) is 0 Å². The molecule has 0 unspecified atom stereocenters. The van der Waals surface area contributed by atoms with Gasteiger partial charge in [-0.1, -0.05) is 77.3 Å². The van der Waals surface area contributed by atoms with Crippen LogP contribution in [-0.4, -0.2) is 15.7 Å². The predicted molar refractivity (Wildman–Crippen MR) is 138 cm³/mol. The van der Waals surface area contributed by atoms with E-state index in [1.54, 1.807) is 35.1 Å². The molecule has 0 aliphatic carbocycles. The van der Waals surface area contributed by atoms with Crippen LogP contribution in [0, 0.1) is 0 Å². The molecule has 176 valence electrons. The molecule has 5 rings (SSSR count). The number of benzene rings is 3. The summed E-state index contributed by atoms with van der Waals surface area (Å²) in [6, 6.07) is 22.4. The molecule has 0 saturated carbocycles. The average molecular weight is 527 g/mol. The zero-order valence-electron chi connectivity index (χ0n) is 18.2. The zero-order valence-corrected chi connectivity index (χ0v) is 20.4. The molecule has 2 aromatic heterocycles. The van der Waals surface area contributed by atoms with Crippen molar-refractivity contribution in [2.75, 3.05) is 5.32 Å². The van der Waals surface area contributed by atoms with Gasteiger partial charge in [0, 0.05) is 11.6 Å². The van der Waals surface area contributed by atoms with Gasteiger partial charge in [-0.05, 0) is 41.3 Å². The van der Waals surface area contributed by atoms with Crippen LogP contribution in [-0.2, 0) is 13.2 Å². The summed E-state index contributed by atoms with van der Waals surface area (Å²) >= 11 is 18.3. The normalized spacial score (nSPS) is 11.1. The van der Waals surface area contributed by atoms with Gasteiger partial charge in [0.05, 0.1) is 16.6 Å². The van der Waals surface area contributed by atoms with Crippen LogP contribution in [0.2, 0.25) is 15.1 Å². The summed E-state index contributed by atoms with van der Waals surface area (Å²) < 4.78 is 13.2. The fourth-order valence-electron chi connectivity index (χ4n) is 3.60. The number of nitrogens with one attached hydrogen (secondary N) is 1. The summed E-state index contributed by atoms with van der Waals surface area (Å²) in [5, 5.41) is 10.3. The van der Waals surface area contributed by atoms with E-state index in [2.05, 4.69) is 10.4 Å². The van der Waals surface area contributed by atoms with E-state index in [1.165, 1.54) is 0 Å². The quantitative estimate of drug-likeness (QED) is 0.239. The second kappa shape index (κ2) is 10.0. The highest BCUT2D eigenvalue weighted by Crippen LogP contribution is 2.27. The number of rotatable bonds is 7. The first-order valence-corrected chi connectivity index (χ1v) is 11.8. The number of anilines is 1. The third kappa shape index (κ3) is 5.30. The van der Waals surface area contributed by atoms with Gasteiger partial charge < -0.3 is 14.5 Å². The van der Waals surface area contributed by atoms with Crippen LogP contribution in [0.15, 0.2) is 83.4 Å². The Morgan fingerprint density at radius 2 is 1.77 bits per heavy atom. The van der Waals surface area contributed by atoms with Crippen LogP contribution >= 0.6 is 34.8 Å². The Hall–Kier alpha value is -3.45. The minimum atomic E-state index is -0.469. The molecular formula is C26H18Cl3N3O3. The summed E-state index contributed by atoms with van der Waals surface area (Å²) in [4.78, 5) is 12.7. The van der Waals surface area contributed by atoms with Crippen LogP contribution in [0.5, 0.6) is 5.75 Å². The van der Waals surface area contributed by atoms with Crippen molar-refractivity contribution in [2.45, 2.75) is 13.2 Å². The molecule has 2 heterocycles. The van der Waals surface area contributed by atoms with Crippen molar-refractivity contribution in [3.05, 3.63) is 111 Å². The molecular weight excluding hydrogens is 509 g/mol. The van der Waals surface area contributed by atoms with Gasteiger partial charge in [-0.15, -0.1) is 0 Å². The zero-order chi connectivity index (χ0) is 24.4. The fraction of sp³-hybridized carbons (Fsp3) is 0.0769. The van der Waals surface area contributed by atoms with E-state index < -0.39 is 5.91 Å². The number of furan rings is 1. The van der Waals surface area contributed by atoms with Crippen LogP contribution in [0.25, 0.3) is 10.8 Å². The lowest BCUT2D eigenvalue weighted by Gasteiger charge is -2.08. The van der Waals surface area contributed by atoms with Gasteiger partial charge >= 0.3 is 0 Å². The van der Waals surface area contributed by atoms with E-state index >= 15 is 0 Å². The van der Waals surface area contributed by atoms with Gasteiger partial charge in [0.2, 0.25) is 0 Å². The number of hydrogen-bond donors (Lipinski definition) is 1. The summed E-state index contributed by atoms with van der Waals surface area (Å²) in [5.41, 5.74) is 0.887. The first kappa shape index (κ1) is 23.3. The first-order chi connectivity index (χ1) is 17.0. The van der Waals surface area contributed by atoms with E-state index in [-0.39, 0.29) is 18.2 Å². The van der Waals surface area contributed by atoms with E-state index in [1.807, 2.05) is 48.5 Å². The number of aromatic nitrogens is 2. The molecule has 0 radical (unpaired) electrons. The highest BCUT2D eigenvalue weighted by molar-refractivity contribution is 6.42. The highest BCUT2D eigenvalue weighted by Gasteiger charge is 2.16. The van der Waals surface area contributed by atoms with Crippen molar-refractivity contribution in [3.8, 4) is 5.75 Å². The Balaban J connectivity index is 1.23. The molecule has 0 aliphatic rings. The second-order valence-corrected chi connectivity index (χ2v) is 8.98. The Kier molecular flexibility index (Phi) is 6.68. The maximum Gasteiger partial charge on any atom is 0.292 e. The van der Waals surface area contributed by atoms with Crippen LogP contribution in [0.4, 0.5) is 5.82 Å². The van der Waals surface area contributed by atoms with E-state index in [0.717, 1.165) is 22.1 Å². The Morgan fingerprint density at radius 1 is 0.943 bits per heavy atom. The van der Waals surface area contributed by atoms with Crippen molar-refractivity contribution in [1.82, 2.24) is 9.78 Å². The molecule has 9 heteroatoms. The Morgan fingerprint density at radius 3 is 2.63 bits per heavy atom. The van der Waals surface area contributed by atoms with Crippen molar-refractivity contribution < 1.29 is 13.9 Å². The lowest BCUT2D eigenvalue weighted by atomic mass is 10.1. The van der Waals surface area contributed by atoms with E-state index in [0.29, 0.717) is 27.4 Å². The maximum atomic E-state index is 12.7. The van der Waals surface area contributed by atoms with Crippen LogP contribution in [0.1, 0.15) is 21.9 Å². The Bertz CT molecular complexity index is 1520. The second-order valence-electron chi connectivity index (χ2n) is 7.76. The molecule has 0 fully saturated rings. The fourth-order valence-corrected chi connectivity index (χ4v) is 4.12. The molecule has 3 aromatic carbocycles. The SMILES string of the molecule is O=C(Nc1nn(Cc2ccc(Cl)c(Cl)c2)cc1Cl)c1ccc(COc2cccc3ccccc23)o1. The first-order valence-electron chi connectivity index (χ1n) is 10.6. The van der Waals surface area contributed by atoms with Crippen molar-refractivity contribution >= 4 is 57.3 Å². The molecule has 1 N–H and O–H groups in total. The minimum Gasteiger partial charge on any atom is -0.485 e. The molecule has 0 saturated heterocycles. The molecule has 6 nitrogen and oxygen atoms in total. The molecule has 0 bridgehead atoms. The molecule has 5 aromatic rings. The summed E-state index contributed by atoms with van der Waals surface area (Å²) in [7, 11) is 0. The lowest BCUT2D eigenvalue weighted by molar-refractivity contribution is 0.0992. The van der Waals surface area contributed by atoms with Gasteiger partial charge in [-0.3, -0.25) is 9.48 Å². The van der Waals surface area contributed by atoms with Crippen LogP contribution in [0.3, 0.4) is 0 Å². The number of fused-ring (bicyclic) bond motifs is 1. The predicted octanol–water partition coefficient (Wildman–Crippen LogP) is 7.47. The van der Waals surface area contributed by atoms with Gasteiger partial charge in [-0.25, -0.2) is 0 Å². The van der Waals surface area contributed by atoms with E-state index in [9.17, 15) is 4.79 Å². The molecule has 0 atom stereocenters. The standard InChI is InChI=1S/C26H18Cl3N3O3/c27-20-10-8-16(12-21(20)28)13-32-14-22(29)25(31-32)30-26(33)24-11-9-18(35-24)15-34-23-7-3-5-17-4-1-2-6-19(17)23/h1-12,14H,13,15H2,(H,30,31,33). The molecule has 0 aliphatic heterocycles. The van der Waals surface area contributed by atoms with Gasteiger partial charge in [0.15, 0.2) is 11.6 Å². The number of nitrogens with zero attached hydrogens (tertiary/aromatic N) is 2. The molecule has 0 spiro atoms. The molecule has 35 heavy (non-hydrogen) atoms. The number of ether oxygens (including phenoxy) is 1. The van der Waals surface area contributed by atoms with Gasteiger partial charge in [-0.2, -0.15) is 5.10 Å². The van der Waals surface area contributed by atoms with E-state index in [4.69, 9.17) is 44.0 Å². The largest absolute Gasteiger partial charge is 0.485 e. The van der Waals surface area contributed by atoms with Crippen LogP contribution < -0.4 is 10.1 Å². The molecule has 1 amide bonds. The summed E-state index contributed by atoms with van der Waals surface area (Å²) in [6.45, 7) is 0.587. The maximum absolute atomic E-state index is 12.7. The number of hydrogen-bond acceptors (Lipinski definition) is 4. The smallest absolute Gasteiger partial charge is 0.292 e. The van der Waals surface area contributed by atoms with Crippen molar-refractivity contribution in [3.63, 3.8) is 0 Å². The number of carbonyl (C=O) groups excluding carboxylic acids is 1. The number of carbonyl (C=O) groups is 1. The average Bonchev–Trinajstić information content (AvgIpc) is 3.46. The third-order valence-electron chi connectivity index (χ3n) is 5.28. The highest BCUT2D eigenvalue weighted by atomic mass is 35.5. The summed E-state index contributed by atoms with van der Waals surface area (Å²) in [5.74, 6) is 1.13. The topological polar surface area (TPSA) is 69.3 Å². The minimum absolute atomic E-state index is 0.122.